The number of carbonyl (C=O) groups is 1. The van der Waals surface area contributed by atoms with Gasteiger partial charge in [-0.05, 0) is 64.1 Å². The standard InChI is InChI=1S/C21H29N5O/c1-14(2)26-13-16(10-23-26)12-25-7-6-18-19(4-5-20(18)25)24-21(27)17-8-15(3)9-22-11-17/h8-11,13-14,18-20H,4-7,12H2,1-3H3,(H,24,27)/t18-,19?,20+/m0/s1. The van der Waals surface area contributed by atoms with Crippen molar-refractivity contribution < 1.29 is 4.79 Å². The summed E-state index contributed by atoms with van der Waals surface area (Å²) in [6.07, 6.45) is 11.0. The summed E-state index contributed by atoms with van der Waals surface area (Å²) in [4.78, 5) is 19.3. The second-order valence-corrected chi connectivity index (χ2v) is 8.32. The van der Waals surface area contributed by atoms with Crippen molar-refractivity contribution in [3.05, 3.63) is 47.5 Å². The van der Waals surface area contributed by atoms with Crippen LogP contribution in [0, 0.1) is 12.8 Å². The fraction of sp³-hybridized carbons (Fsp3) is 0.571. The van der Waals surface area contributed by atoms with Crippen LogP contribution in [0.15, 0.2) is 30.9 Å². The molecule has 1 amide bonds. The van der Waals surface area contributed by atoms with Crippen LogP contribution in [0.4, 0.5) is 0 Å². The minimum atomic E-state index is 0.00788. The largest absolute Gasteiger partial charge is 0.349 e. The zero-order valence-corrected chi connectivity index (χ0v) is 16.4. The average molecular weight is 367 g/mol. The average Bonchev–Trinajstić information content (AvgIpc) is 3.34. The van der Waals surface area contributed by atoms with Crippen LogP contribution in [0.25, 0.3) is 0 Å². The lowest BCUT2D eigenvalue weighted by Crippen LogP contribution is -2.39. The van der Waals surface area contributed by atoms with E-state index in [4.69, 9.17) is 0 Å². The van der Waals surface area contributed by atoms with Crippen LogP contribution in [-0.4, -0.2) is 44.2 Å². The molecule has 0 radical (unpaired) electrons. The first-order chi connectivity index (χ1) is 13.0. The van der Waals surface area contributed by atoms with Gasteiger partial charge in [0.25, 0.3) is 5.91 Å². The van der Waals surface area contributed by atoms with Gasteiger partial charge in [0.1, 0.15) is 0 Å². The molecule has 2 aromatic heterocycles. The Kier molecular flexibility index (Phi) is 5.00. The third-order valence-corrected chi connectivity index (χ3v) is 6.03. The maximum Gasteiger partial charge on any atom is 0.253 e. The Morgan fingerprint density at radius 1 is 1.26 bits per heavy atom. The summed E-state index contributed by atoms with van der Waals surface area (Å²) in [7, 11) is 0. The molecule has 1 aliphatic heterocycles. The van der Waals surface area contributed by atoms with Crippen molar-refractivity contribution in [2.75, 3.05) is 6.54 Å². The van der Waals surface area contributed by atoms with Gasteiger partial charge >= 0.3 is 0 Å². The highest BCUT2D eigenvalue weighted by molar-refractivity contribution is 5.94. The number of aryl methyl sites for hydroxylation is 1. The highest BCUT2D eigenvalue weighted by Crippen LogP contribution is 2.39. The summed E-state index contributed by atoms with van der Waals surface area (Å²) in [5, 5.41) is 7.74. The highest BCUT2D eigenvalue weighted by atomic mass is 16.1. The Labute approximate surface area is 161 Å². The fourth-order valence-corrected chi connectivity index (χ4v) is 4.66. The van der Waals surface area contributed by atoms with E-state index >= 15 is 0 Å². The summed E-state index contributed by atoms with van der Waals surface area (Å²) >= 11 is 0. The van der Waals surface area contributed by atoms with Gasteiger partial charge in [0.2, 0.25) is 0 Å². The van der Waals surface area contributed by atoms with Gasteiger partial charge in [-0.25, -0.2) is 0 Å². The second-order valence-electron chi connectivity index (χ2n) is 8.32. The third kappa shape index (κ3) is 3.76. The predicted octanol–water partition coefficient (Wildman–Crippen LogP) is 2.95. The first kappa shape index (κ1) is 18.2. The third-order valence-electron chi connectivity index (χ3n) is 6.03. The van der Waals surface area contributed by atoms with Gasteiger partial charge in [-0.2, -0.15) is 5.10 Å². The van der Waals surface area contributed by atoms with Gasteiger partial charge in [0.05, 0.1) is 11.8 Å². The van der Waals surface area contributed by atoms with Crippen molar-refractivity contribution in [2.24, 2.45) is 5.92 Å². The summed E-state index contributed by atoms with van der Waals surface area (Å²) in [5.74, 6) is 0.556. The maximum absolute atomic E-state index is 12.6. The van der Waals surface area contributed by atoms with E-state index in [2.05, 4.69) is 40.3 Å². The Morgan fingerprint density at radius 3 is 2.85 bits per heavy atom. The van der Waals surface area contributed by atoms with Crippen molar-refractivity contribution in [3.63, 3.8) is 0 Å². The molecule has 0 bridgehead atoms. The molecular formula is C21H29N5O. The molecule has 0 spiro atoms. The number of hydrogen-bond acceptors (Lipinski definition) is 4. The van der Waals surface area contributed by atoms with Gasteiger partial charge in [0, 0.05) is 48.8 Å². The lowest BCUT2D eigenvalue weighted by molar-refractivity contribution is 0.0926. The summed E-state index contributed by atoms with van der Waals surface area (Å²) in [5.41, 5.74) is 2.96. The van der Waals surface area contributed by atoms with Crippen LogP contribution in [-0.2, 0) is 6.54 Å². The predicted molar refractivity (Wildman–Crippen MR) is 104 cm³/mol. The normalized spacial score (nSPS) is 25.1. The Morgan fingerprint density at radius 2 is 2.11 bits per heavy atom. The minimum absolute atomic E-state index is 0.00788. The van der Waals surface area contributed by atoms with Gasteiger partial charge in [-0.15, -0.1) is 0 Å². The number of rotatable bonds is 5. The van der Waals surface area contributed by atoms with E-state index in [-0.39, 0.29) is 11.9 Å². The minimum Gasteiger partial charge on any atom is -0.349 e. The van der Waals surface area contributed by atoms with Crippen LogP contribution in [0.3, 0.4) is 0 Å². The first-order valence-electron chi connectivity index (χ1n) is 10.0. The van der Waals surface area contributed by atoms with Crippen LogP contribution in [0.2, 0.25) is 0 Å². The maximum atomic E-state index is 12.6. The smallest absolute Gasteiger partial charge is 0.253 e. The quantitative estimate of drug-likeness (QED) is 0.883. The van der Waals surface area contributed by atoms with E-state index in [0.717, 1.165) is 37.9 Å². The number of carbonyl (C=O) groups excluding carboxylic acids is 1. The molecule has 4 rings (SSSR count). The van der Waals surface area contributed by atoms with Crippen LogP contribution in [0.5, 0.6) is 0 Å². The van der Waals surface area contributed by atoms with Crippen LogP contribution in [0.1, 0.15) is 60.6 Å². The van der Waals surface area contributed by atoms with Gasteiger partial charge in [0.15, 0.2) is 0 Å². The molecule has 1 saturated heterocycles. The zero-order chi connectivity index (χ0) is 19.0. The summed E-state index contributed by atoms with van der Waals surface area (Å²) in [6.45, 7) is 8.32. The highest BCUT2D eigenvalue weighted by Gasteiger charge is 2.44. The van der Waals surface area contributed by atoms with E-state index in [9.17, 15) is 4.79 Å². The molecule has 2 fully saturated rings. The van der Waals surface area contributed by atoms with E-state index < -0.39 is 0 Å². The molecule has 1 N–H and O–H groups in total. The van der Waals surface area contributed by atoms with Crippen molar-refractivity contribution in [2.45, 2.75) is 64.7 Å². The van der Waals surface area contributed by atoms with E-state index in [1.54, 1.807) is 12.4 Å². The molecule has 1 unspecified atom stereocenters. The molecule has 3 heterocycles. The molecule has 27 heavy (non-hydrogen) atoms. The molecule has 2 aliphatic rings. The number of nitrogens with one attached hydrogen (secondary N) is 1. The van der Waals surface area contributed by atoms with Crippen LogP contribution < -0.4 is 5.32 Å². The number of pyridine rings is 1. The zero-order valence-electron chi connectivity index (χ0n) is 16.4. The molecule has 6 heteroatoms. The lowest BCUT2D eigenvalue weighted by atomic mass is 9.99. The van der Waals surface area contributed by atoms with Crippen LogP contribution >= 0.6 is 0 Å². The van der Waals surface area contributed by atoms with E-state index in [1.165, 1.54) is 5.56 Å². The van der Waals surface area contributed by atoms with Crippen molar-refractivity contribution in [1.82, 2.24) is 25.0 Å². The van der Waals surface area contributed by atoms with Gasteiger partial charge < -0.3 is 5.32 Å². The van der Waals surface area contributed by atoms with Crippen molar-refractivity contribution in [3.8, 4) is 0 Å². The molecule has 1 saturated carbocycles. The lowest BCUT2D eigenvalue weighted by Gasteiger charge is -2.24. The van der Waals surface area contributed by atoms with Gasteiger partial charge in [-0.3, -0.25) is 19.4 Å². The number of amides is 1. The number of aromatic nitrogens is 3. The van der Waals surface area contributed by atoms with E-state index in [1.807, 2.05) is 23.9 Å². The Bertz CT molecular complexity index is 814. The first-order valence-corrected chi connectivity index (χ1v) is 10.0. The SMILES string of the molecule is Cc1cncc(C(=O)NC2CC[C@@H]3[C@H]2CCN3Cc2cnn(C(C)C)c2)c1. The van der Waals surface area contributed by atoms with Gasteiger partial charge in [-0.1, -0.05) is 0 Å². The number of hydrogen-bond donors (Lipinski definition) is 1. The Hall–Kier alpha value is -2.21. The van der Waals surface area contributed by atoms with E-state index in [0.29, 0.717) is 23.6 Å². The Balaban J connectivity index is 1.37. The monoisotopic (exact) mass is 367 g/mol. The summed E-state index contributed by atoms with van der Waals surface area (Å²) in [6, 6.07) is 3.13. The fourth-order valence-electron chi connectivity index (χ4n) is 4.66. The molecule has 0 aromatic carbocycles. The molecule has 6 nitrogen and oxygen atoms in total. The summed E-state index contributed by atoms with van der Waals surface area (Å²) < 4.78 is 2.02. The molecule has 2 aromatic rings. The second kappa shape index (κ2) is 7.43. The molecule has 144 valence electrons. The van der Waals surface area contributed by atoms with Crippen molar-refractivity contribution >= 4 is 5.91 Å². The molecule has 1 aliphatic carbocycles. The molecule has 3 atom stereocenters. The number of nitrogens with zero attached hydrogens (tertiary/aromatic N) is 4. The number of likely N-dealkylation sites (tertiary alicyclic amines) is 1. The molecular weight excluding hydrogens is 338 g/mol. The van der Waals surface area contributed by atoms with Crippen molar-refractivity contribution in [1.29, 1.82) is 0 Å². The number of fused-ring (bicyclic) bond motifs is 1. The topological polar surface area (TPSA) is 63.1 Å².